The van der Waals surface area contributed by atoms with Gasteiger partial charge in [0, 0.05) is 0 Å². The Kier molecular flexibility index (Phi) is 4.71. The molecule has 1 heterocycles. The Balaban J connectivity index is 1.47. The molecule has 0 unspecified atom stereocenters. The molecule has 0 radical (unpaired) electrons. The van der Waals surface area contributed by atoms with Crippen molar-refractivity contribution in [1.29, 1.82) is 0 Å². The Hall–Kier alpha value is -0.900. The van der Waals surface area contributed by atoms with E-state index in [1.165, 1.54) is 19.3 Å². The summed E-state index contributed by atoms with van der Waals surface area (Å²) in [6.07, 6.45) is 5.60. The summed E-state index contributed by atoms with van der Waals surface area (Å²) in [5, 5.41) is 10.2. The van der Waals surface area contributed by atoms with Crippen LogP contribution >= 0.6 is 0 Å². The van der Waals surface area contributed by atoms with Gasteiger partial charge in [-0.15, -0.1) is 0 Å². The lowest BCUT2D eigenvalue weighted by Crippen LogP contribution is -2.47. The molecular formula is C17H24O3. The van der Waals surface area contributed by atoms with E-state index in [0.29, 0.717) is 25.2 Å². The molecule has 0 amide bonds. The van der Waals surface area contributed by atoms with E-state index in [1.54, 1.807) is 0 Å². The first-order valence-electron chi connectivity index (χ1n) is 7.78. The van der Waals surface area contributed by atoms with Gasteiger partial charge in [0.15, 0.2) is 0 Å². The minimum Gasteiger partial charge on any atom is -0.390 e. The van der Waals surface area contributed by atoms with Gasteiger partial charge in [0.25, 0.3) is 0 Å². The van der Waals surface area contributed by atoms with Crippen LogP contribution in [0, 0.1) is 5.92 Å². The van der Waals surface area contributed by atoms with Gasteiger partial charge in [0.1, 0.15) is 6.10 Å². The fourth-order valence-electron chi connectivity index (χ4n) is 3.42. The van der Waals surface area contributed by atoms with Crippen molar-refractivity contribution in [3.05, 3.63) is 35.9 Å². The van der Waals surface area contributed by atoms with Crippen molar-refractivity contribution in [2.45, 2.75) is 57.0 Å². The summed E-state index contributed by atoms with van der Waals surface area (Å²) in [4.78, 5) is 0. The lowest BCUT2D eigenvalue weighted by atomic mass is 9.80. The lowest BCUT2D eigenvalue weighted by molar-refractivity contribution is -0.175. The van der Waals surface area contributed by atoms with Crippen molar-refractivity contribution in [2.75, 3.05) is 6.61 Å². The van der Waals surface area contributed by atoms with Crippen molar-refractivity contribution in [1.82, 2.24) is 0 Å². The zero-order chi connectivity index (χ0) is 13.8. The molecule has 1 aromatic carbocycles. The molecule has 0 bridgehead atoms. The van der Waals surface area contributed by atoms with Crippen LogP contribution in [0.3, 0.4) is 0 Å². The highest BCUT2D eigenvalue weighted by molar-refractivity contribution is 5.13. The van der Waals surface area contributed by atoms with Gasteiger partial charge in [-0.1, -0.05) is 43.2 Å². The van der Waals surface area contributed by atoms with Crippen LogP contribution in [-0.4, -0.2) is 30.0 Å². The van der Waals surface area contributed by atoms with Gasteiger partial charge >= 0.3 is 0 Å². The van der Waals surface area contributed by atoms with Crippen molar-refractivity contribution in [3.8, 4) is 0 Å². The third kappa shape index (κ3) is 3.40. The Morgan fingerprint density at radius 2 is 1.95 bits per heavy atom. The van der Waals surface area contributed by atoms with Crippen molar-refractivity contribution in [2.24, 2.45) is 5.92 Å². The van der Waals surface area contributed by atoms with Crippen LogP contribution in [0.2, 0.25) is 0 Å². The standard InChI is InChI=1S/C17H24O3/c18-15-10-14-8-4-5-9-16(14)20-17(15)12-19-11-13-6-2-1-3-7-13/h1-3,6-7,14-18H,4-5,8-12H2/t14-,15+,16+,17-/m0/s1. The van der Waals surface area contributed by atoms with Crippen LogP contribution in [0.4, 0.5) is 0 Å². The van der Waals surface area contributed by atoms with Crippen LogP contribution in [0.25, 0.3) is 0 Å². The maximum atomic E-state index is 10.2. The van der Waals surface area contributed by atoms with Crippen LogP contribution in [-0.2, 0) is 16.1 Å². The minimum atomic E-state index is -0.370. The fourth-order valence-corrected chi connectivity index (χ4v) is 3.42. The molecule has 1 saturated carbocycles. The molecule has 1 aliphatic heterocycles. The Morgan fingerprint density at radius 3 is 2.80 bits per heavy atom. The fraction of sp³-hybridized carbons (Fsp3) is 0.647. The van der Waals surface area contributed by atoms with E-state index in [9.17, 15) is 5.11 Å². The van der Waals surface area contributed by atoms with E-state index in [4.69, 9.17) is 9.47 Å². The highest BCUT2D eigenvalue weighted by Crippen LogP contribution is 2.36. The summed E-state index contributed by atoms with van der Waals surface area (Å²) in [6, 6.07) is 10.1. The summed E-state index contributed by atoms with van der Waals surface area (Å²) in [7, 11) is 0. The van der Waals surface area contributed by atoms with Crippen LogP contribution < -0.4 is 0 Å². The highest BCUT2D eigenvalue weighted by Gasteiger charge is 2.38. The second kappa shape index (κ2) is 6.70. The van der Waals surface area contributed by atoms with E-state index in [2.05, 4.69) is 12.1 Å². The van der Waals surface area contributed by atoms with Crippen molar-refractivity contribution < 1.29 is 14.6 Å². The van der Waals surface area contributed by atoms with Gasteiger partial charge in [-0.05, 0) is 30.7 Å². The van der Waals surface area contributed by atoms with Crippen LogP contribution in [0.5, 0.6) is 0 Å². The topological polar surface area (TPSA) is 38.7 Å². The maximum Gasteiger partial charge on any atom is 0.107 e. The Bertz CT molecular complexity index is 406. The SMILES string of the molecule is O[C@@H]1C[C@@H]2CCCC[C@H]2O[C@H]1COCc1ccccc1. The molecule has 1 saturated heterocycles. The first-order chi connectivity index (χ1) is 9.83. The monoisotopic (exact) mass is 276 g/mol. The molecule has 0 aromatic heterocycles. The average molecular weight is 276 g/mol. The first-order valence-corrected chi connectivity index (χ1v) is 7.78. The summed E-state index contributed by atoms with van der Waals surface area (Å²) < 4.78 is 11.8. The number of benzene rings is 1. The van der Waals surface area contributed by atoms with E-state index >= 15 is 0 Å². The zero-order valence-electron chi connectivity index (χ0n) is 11.9. The predicted molar refractivity (Wildman–Crippen MR) is 77.3 cm³/mol. The normalized spacial score (nSPS) is 33.6. The molecule has 2 fully saturated rings. The Morgan fingerprint density at radius 1 is 1.15 bits per heavy atom. The molecule has 2 aliphatic rings. The zero-order valence-corrected chi connectivity index (χ0v) is 11.9. The maximum absolute atomic E-state index is 10.2. The van der Waals surface area contributed by atoms with Gasteiger partial charge in [0.05, 0.1) is 25.4 Å². The molecule has 3 nitrogen and oxygen atoms in total. The van der Waals surface area contributed by atoms with E-state index in [1.807, 2.05) is 18.2 Å². The average Bonchev–Trinajstić information content (AvgIpc) is 2.49. The third-order valence-electron chi connectivity index (χ3n) is 4.56. The third-order valence-corrected chi connectivity index (χ3v) is 4.56. The summed E-state index contributed by atoms with van der Waals surface area (Å²) in [5.41, 5.74) is 1.16. The quantitative estimate of drug-likeness (QED) is 0.919. The number of aliphatic hydroxyl groups excluding tert-OH is 1. The minimum absolute atomic E-state index is 0.155. The number of hydrogen-bond acceptors (Lipinski definition) is 3. The molecule has 110 valence electrons. The molecule has 20 heavy (non-hydrogen) atoms. The molecule has 4 atom stereocenters. The second-order valence-electron chi connectivity index (χ2n) is 6.06. The van der Waals surface area contributed by atoms with Gasteiger partial charge in [-0.2, -0.15) is 0 Å². The van der Waals surface area contributed by atoms with E-state index in [-0.39, 0.29) is 12.2 Å². The molecule has 3 heteroatoms. The van der Waals surface area contributed by atoms with Crippen molar-refractivity contribution in [3.63, 3.8) is 0 Å². The highest BCUT2D eigenvalue weighted by atomic mass is 16.5. The summed E-state index contributed by atoms with van der Waals surface area (Å²) >= 11 is 0. The molecule has 3 rings (SSSR count). The van der Waals surface area contributed by atoms with Gasteiger partial charge in [-0.25, -0.2) is 0 Å². The number of rotatable bonds is 4. The number of aliphatic hydroxyl groups is 1. The van der Waals surface area contributed by atoms with E-state index < -0.39 is 0 Å². The molecule has 0 spiro atoms. The molecule has 1 aliphatic carbocycles. The number of fused-ring (bicyclic) bond motifs is 1. The van der Waals surface area contributed by atoms with Crippen molar-refractivity contribution >= 4 is 0 Å². The number of ether oxygens (including phenoxy) is 2. The number of hydrogen-bond donors (Lipinski definition) is 1. The van der Waals surface area contributed by atoms with Crippen LogP contribution in [0.1, 0.15) is 37.7 Å². The predicted octanol–water partition coefficient (Wildman–Crippen LogP) is 2.91. The summed E-state index contributed by atoms with van der Waals surface area (Å²) in [6.45, 7) is 1.07. The smallest absolute Gasteiger partial charge is 0.107 e. The van der Waals surface area contributed by atoms with Gasteiger partial charge in [-0.3, -0.25) is 0 Å². The van der Waals surface area contributed by atoms with Gasteiger partial charge < -0.3 is 14.6 Å². The van der Waals surface area contributed by atoms with E-state index in [0.717, 1.165) is 18.4 Å². The van der Waals surface area contributed by atoms with Crippen LogP contribution in [0.15, 0.2) is 30.3 Å². The largest absolute Gasteiger partial charge is 0.390 e. The molecule has 1 aromatic rings. The second-order valence-corrected chi connectivity index (χ2v) is 6.06. The summed E-state index contributed by atoms with van der Waals surface area (Å²) in [5.74, 6) is 0.559. The van der Waals surface area contributed by atoms with Gasteiger partial charge in [0.2, 0.25) is 0 Å². The first kappa shape index (κ1) is 14.1. The molecule has 1 N–H and O–H groups in total. The molecular weight excluding hydrogens is 252 g/mol. The Labute approximate surface area is 120 Å². The lowest BCUT2D eigenvalue weighted by Gasteiger charge is -2.42.